The molecule has 2 aromatic rings. The molecule has 6 atom stereocenters. The van der Waals surface area contributed by atoms with Gasteiger partial charge < -0.3 is 18.9 Å². The Kier molecular flexibility index (Phi) is 9.68. The SMILES string of the molecule is CC(=O)OCC1O[C@H](SC2CCCC(=O)C2)C(OC(C)=O)C(n2cc(-c3cc(F)c(F)c(F)c3)nn2)[C@H]1OC(C)=O. The zero-order chi connectivity index (χ0) is 29.8. The molecule has 0 N–H and O–H groups in total. The molecule has 15 heteroatoms. The molecular weight excluding hydrogens is 571 g/mol. The number of thioether (sulfide) groups is 1. The molecule has 1 saturated carbocycles. The molecule has 1 aliphatic heterocycles. The lowest BCUT2D eigenvalue weighted by molar-refractivity contribution is -0.212. The molecule has 11 nitrogen and oxygen atoms in total. The predicted octanol–water partition coefficient (Wildman–Crippen LogP) is 3.30. The maximum absolute atomic E-state index is 13.9. The monoisotopic (exact) mass is 599 g/mol. The van der Waals surface area contributed by atoms with E-state index in [1.54, 1.807) is 0 Å². The van der Waals surface area contributed by atoms with E-state index < -0.39 is 65.1 Å². The molecule has 2 fully saturated rings. The molecule has 222 valence electrons. The van der Waals surface area contributed by atoms with Crippen LogP contribution in [-0.2, 0) is 38.1 Å². The number of carbonyl (C=O) groups is 4. The van der Waals surface area contributed by atoms with Gasteiger partial charge in [-0.3, -0.25) is 19.2 Å². The topological polar surface area (TPSA) is 136 Å². The van der Waals surface area contributed by atoms with Crippen molar-refractivity contribution in [2.45, 2.75) is 81.5 Å². The highest BCUT2D eigenvalue weighted by Gasteiger charge is 2.52. The molecule has 4 unspecified atom stereocenters. The molecule has 0 spiro atoms. The second kappa shape index (κ2) is 13.0. The number of hydrogen-bond acceptors (Lipinski definition) is 11. The molecule has 41 heavy (non-hydrogen) atoms. The van der Waals surface area contributed by atoms with Gasteiger partial charge in [-0.25, -0.2) is 17.9 Å². The molecule has 4 rings (SSSR count). The molecule has 1 aromatic heterocycles. The lowest BCUT2D eigenvalue weighted by Gasteiger charge is -2.45. The second-order valence-corrected chi connectivity index (χ2v) is 11.1. The van der Waals surface area contributed by atoms with Crippen LogP contribution in [0.4, 0.5) is 13.2 Å². The van der Waals surface area contributed by atoms with Crippen molar-refractivity contribution < 1.29 is 51.3 Å². The van der Waals surface area contributed by atoms with E-state index in [1.165, 1.54) is 36.5 Å². The van der Waals surface area contributed by atoms with Gasteiger partial charge in [-0.05, 0) is 25.0 Å². The van der Waals surface area contributed by atoms with Crippen molar-refractivity contribution in [1.82, 2.24) is 15.0 Å². The van der Waals surface area contributed by atoms with E-state index in [0.29, 0.717) is 19.3 Å². The van der Waals surface area contributed by atoms with Crippen LogP contribution in [-0.4, -0.2) is 74.3 Å². The fourth-order valence-corrected chi connectivity index (χ4v) is 6.38. The van der Waals surface area contributed by atoms with E-state index in [0.717, 1.165) is 19.1 Å². The van der Waals surface area contributed by atoms with Gasteiger partial charge in [0.15, 0.2) is 29.7 Å². The third-order valence-corrected chi connectivity index (χ3v) is 7.97. The van der Waals surface area contributed by atoms with Crippen molar-refractivity contribution in [1.29, 1.82) is 0 Å². The number of rotatable bonds is 8. The minimum atomic E-state index is -1.65. The smallest absolute Gasteiger partial charge is 0.303 e. The fraction of sp³-hybridized carbons (Fsp3) is 0.538. The zero-order valence-electron chi connectivity index (χ0n) is 22.4. The number of ketones is 1. The number of ether oxygens (including phenoxy) is 4. The fourth-order valence-electron chi connectivity index (χ4n) is 4.84. The van der Waals surface area contributed by atoms with Gasteiger partial charge in [0.2, 0.25) is 0 Å². The highest BCUT2D eigenvalue weighted by Crippen LogP contribution is 2.42. The summed E-state index contributed by atoms with van der Waals surface area (Å²) in [5, 5.41) is 7.83. The van der Waals surface area contributed by atoms with E-state index in [9.17, 15) is 32.3 Å². The first-order chi connectivity index (χ1) is 19.4. The predicted molar refractivity (Wildman–Crippen MR) is 136 cm³/mol. The summed E-state index contributed by atoms with van der Waals surface area (Å²) in [4.78, 5) is 48.2. The number of esters is 3. The molecule has 0 radical (unpaired) electrons. The number of benzene rings is 1. The minimum Gasteiger partial charge on any atom is -0.463 e. The van der Waals surface area contributed by atoms with Crippen LogP contribution >= 0.6 is 11.8 Å². The molecule has 0 bridgehead atoms. The van der Waals surface area contributed by atoms with Gasteiger partial charge in [0, 0.05) is 44.4 Å². The molecule has 0 amide bonds. The zero-order valence-corrected chi connectivity index (χ0v) is 23.2. The first-order valence-corrected chi connectivity index (χ1v) is 13.7. The van der Waals surface area contributed by atoms with Crippen LogP contribution in [0.25, 0.3) is 11.3 Å². The van der Waals surface area contributed by atoms with Crippen LogP contribution in [0, 0.1) is 17.5 Å². The number of nitrogens with zero attached hydrogens (tertiary/aromatic N) is 3. The molecular formula is C26H28F3N3O8S. The molecule has 1 saturated heterocycles. The van der Waals surface area contributed by atoms with Gasteiger partial charge in [0.1, 0.15) is 35.7 Å². The van der Waals surface area contributed by atoms with Crippen molar-refractivity contribution in [2.75, 3.05) is 6.61 Å². The lowest BCUT2D eigenvalue weighted by Crippen LogP contribution is -2.58. The number of halogens is 3. The Morgan fingerprint density at radius 2 is 1.71 bits per heavy atom. The summed E-state index contributed by atoms with van der Waals surface area (Å²) in [5.41, 5.74) is -1.12. The Bertz CT molecular complexity index is 1300. The normalized spacial score (nSPS) is 26.3. The Balaban J connectivity index is 1.77. The van der Waals surface area contributed by atoms with Crippen LogP contribution in [0.1, 0.15) is 52.5 Å². The van der Waals surface area contributed by atoms with Crippen LogP contribution in [0.2, 0.25) is 0 Å². The van der Waals surface area contributed by atoms with Crippen molar-refractivity contribution in [3.05, 3.63) is 35.8 Å². The highest BCUT2D eigenvalue weighted by molar-refractivity contribution is 8.00. The van der Waals surface area contributed by atoms with Gasteiger partial charge >= 0.3 is 17.9 Å². The molecule has 1 aromatic carbocycles. The van der Waals surface area contributed by atoms with Crippen molar-refractivity contribution in [3.63, 3.8) is 0 Å². The number of hydrogen-bond donors (Lipinski definition) is 0. The van der Waals surface area contributed by atoms with Crippen LogP contribution < -0.4 is 0 Å². The summed E-state index contributed by atoms with van der Waals surface area (Å²) in [6, 6.07) is 0.364. The third kappa shape index (κ3) is 7.44. The van der Waals surface area contributed by atoms with E-state index in [2.05, 4.69) is 10.3 Å². The summed E-state index contributed by atoms with van der Waals surface area (Å²) >= 11 is 1.26. The quantitative estimate of drug-likeness (QED) is 0.251. The van der Waals surface area contributed by atoms with Gasteiger partial charge in [0.05, 0.1) is 6.20 Å². The first-order valence-electron chi connectivity index (χ1n) is 12.8. The third-order valence-electron chi connectivity index (χ3n) is 6.53. The molecule has 1 aliphatic carbocycles. The van der Waals surface area contributed by atoms with Gasteiger partial charge in [0.25, 0.3) is 0 Å². The van der Waals surface area contributed by atoms with Crippen LogP contribution in [0.3, 0.4) is 0 Å². The number of aromatic nitrogens is 3. The van der Waals surface area contributed by atoms with Crippen molar-refractivity contribution >= 4 is 35.5 Å². The number of Topliss-reactive ketones (excluding diaryl/α,β-unsaturated/α-hetero) is 1. The van der Waals surface area contributed by atoms with E-state index >= 15 is 0 Å². The Labute approximate surface area is 237 Å². The summed E-state index contributed by atoms with van der Waals surface area (Å²) in [5.74, 6) is -6.49. The standard InChI is InChI=1S/C26H28F3N3O8S/c1-12(33)37-11-21-24(38-13(2)34)23(32-10-20(30-31-32)15-7-18(27)22(29)19(28)8-15)25(39-14(3)35)26(40-21)41-17-6-4-5-16(36)9-17/h7-8,10,17,21,23-26H,4-6,9,11H2,1-3H3/t17?,21?,23?,24-,25?,26+/m0/s1. The molecule has 2 heterocycles. The van der Waals surface area contributed by atoms with E-state index in [4.69, 9.17) is 18.9 Å². The minimum absolute atomic E-state index is 0.0592. The summed E-state index contributed by atoms with van der Waals surface area (Å²) in [6.45, 7) is 3.16. The van der Waals surface area contributed by atoms with E-state index in [1.807, 2.05) is 0 Å². The maximum Gasteiger partial charge on any atom is 0.303 e. The second-order valence-electron chi connectivity index (χ2n) is 9.71. The maximum atomic E-state index is 13.9. The summed E-state index contributed by atoms with van der Waals surface area (Å²) < 4.78 is 65.2. The first kappa shape index (κ1) is 30.5. The Morgan fingerprint density at radius 3 is 2.32 bits per heavy atom. The van der Waals surface area contributed by atoms with Crippen molar-refractivity contribution in [2.24, 2.45) is 0 Å². The average Bonchev–Trinajstić information content (AvgIpc) is 3.37. The lowest BCUT2D eigenvalue weighted by atomic mass is 9.96. The summed E-state index contributed by atoms with van der Waals surface area (Å²) in [7, 11) is 0. The Morgan fingerprint density at radius 1 is 1.05 bits per heavy atom. The largest absolute Gasteiger partial charge is 0.463 e. The highest BCUT2D eigenvalue weighted by atomic mass is 32.2. The van der Waals surface area contributed by atoms with Crippen LogP contribution in [0.5, 0.6) is 0 Å². The summed E-state index contributed by atoms with van der Waals surface area (Å²) in [6.07, 6.45) is -0.0806. The van der Waals surface area contributed by atoms with Crippen LogP contribution in [0.15, 0.2) is 18.3 Å². The number of carbonyl (C=O) groups excluding carboxylic acids is 4. The van der Waals surface area contributed by atoms with Gasteiger partial charge in [-0.2, -0.15) is 0 Å². The van der Waals surface area contributed by atoms with Gasteiger partial charge in [-0.1, -0.05) is 5.21 Å². The average molecular weight is 600 g/mol. The molecule has 2 aliphatic rings. The van der Waals surface area contributed by atoms with Gasteiger partial charge in [-0.15, -0.1) is 16.9 Å². The Hall–Kier alpha value is -3.46. The van der Waals surface area contributed by atoms with E-state index in [-0.39, 0.29) is 35.3 Å². The van der Waals surface area contributed by atoms with Crippen molar-refractivity contribution in [3.8, 4) is 11.3 Å².